The van der Waals surface area contributed by atoms with Crippen LogP contribution in [-0.2, 0) is 4.79 Å². The van der Waals surface area contributed by atoms with E-state index in [1.165, 1.54) is 0 Å². The number of carbonyl (C=O) groups is 1. The monoisotopic (exact) mass is 246 g/mol. The summed E-state index contributed by atoms with van der Waals surface area (Å²) in [5.41, 5.74) is 3.80. The van der Waals surface area contributed by atoms with Gasteiger partial charge in [0.25, 0.3) is 0 Å². The minimum absolute atomic E-state index is 0.245. The van der Waals surface area contributed by atoms with E-state index in [0.29, 0.717) is 12.1 Å². The number of nitro groups is 1. The second-order valence-electron chi connectivity index (χ2n) is 3.22. The van der Waals surface area contributed by atoms with Crippen LogP contribution < -0.4 is 5.73 Å². The molecule has 0 heterocycles. The summed E-state index contributed by atoms with van der Waals surface area (Å²) < 4.78 is 26.1. The largest absolute Gasteiger partial charge is 0.481 e. The van der Waals surface area contributed by atoms with Crippen LogP contribution in [0.15, 0.2) is 12.1 Å². The first-order chi connectivity index (χ1) is 7.88. The Morgan fingerprint density at radius 1 is 1.53 bits per heavy atom. The molecule has 3 N–H and O–H groups in total. The lowest BCUT2D eigenvalue weighted by Gasteiger charge is -2.10. The van der Waals surface area contributed by atoms with Gasteiger partial charge in [0.1, 0.15) is 0 Å². The van der Waals surface area contributed by atoms with Gasteiger partial charge in [-0.15, -0.1) is 0 Å². The Balaban J connectivity index is 3.36. The molecule has 0 amide bonds. The number of nitrogens with zero attached hydrogens (tertiary/aromatic N) is 1. The van der Waals surface area contributed by atoms with Gasteiger partial charge < -0.3 is 10.8 Å². The van der Waals surface area contributed by atoms with Gasteiger partial charge in [0.05, 0.1) is 10.8 Å². The second kappa shape index (κ2) is 4.83. The Morgan fingerprint density at radius 3 is 2.53 bits per heavy atom. The summed E-state index contributed by atoms with van der Waals surface area (Å²) in [6, 6.07) is 1.26. The third kappa shape index (κ3) is 2.53. The number of nitrogens with two attached hydrogens (primary N) is 1. The molecular weight excluding hydrogens is 238 g/mol. The van der Waals surface area contributed by atoms with Crippen molar-refractivity contribution in [2.45, 2.75) is 5.92 Å². The van der Waals surface area contributed by atoms with Crippen molar-refractivity contribution >= 4 is 11.7 Å². The normalized spacial score (nSPS) is 12.2. The molecule has 0 aromatic heterocycles. The molecule has 17 heavy (non-hydrogen) atoms. The molecule has 1 aromatic carbocycles. The number of hydrogen-bond donors (Lipinski definition) is 2. The van der Waals surface area contributed by atoms with E-state index in [-0.39, 0.29) is 12.1 Å². The Kier molecular flexibility index (Phi) is 3.69. The van der Waals surface area contributed by atoms with Crippen LogP contribution in [0.4, 0.5) is 14.5 Å². The van der Waals surface area contributed by atoms with Crippen LogP contribution in [0.3, 0.4) is 0 Å². The fraction of sp³-hybridized carbons (Fsp3) is 0.222. The van der Waals surface area contributed by atoms with E-state index in [1.807, 2.05) is 0 Å². The summed E-state index contributed by atoms with van der Waals surface area (Å²) in [5, 5.41) is 19.2. The summed E-state index contributed by atoms with van der Waals surface area (Å²) in [6.45, 7) is -0.377. The maximum Gasteiger partial charge on any atom is 0.312 e. The van der Waals surface area contributed by atoms with Gasteiger partial charge in [-0.3, -0.25) is 14.9 Å². The molecule has 0 saturated carbocycles. The van der Waals surface area contributed by atoms with Crippen LogP contribution >= 0.6 is 0 Å². The van der Waals surface area contributed by atoms with Crippen molar-refractivity contribution in [2.75, 3.05) is 6.54 Å². The highest BCUT2D eigenvalue weighted by atomic mass is 19.2. The molecule has 0 aliphatic heterocycles. The number of rotatable bonds is 4. The van der Waals surface area contributed by atoms with Gasteiger partial charge in [-0.1, -0.05) is 0 Å². The van der Waals surface area contributed by atoms with E-state index in [1.54, 1.807) is 0 Å². The van der Waals surface area contributed by atoms with Crippen LogP contribution in [-0.4, -0.2) is 22.5 Å². The SMILES string of the molecule is NCC(C(=O)O)c1cc(F)c(F)c([N+](=O)[O-])c1. The van der Waals surface area contributed by atoms with Crippen molar-refractivity contribution in [3.8, 4) is 0 Å². The third-order valence-corrected chi connectivity index (χ3v) is 2.16. The van der Waals surface area contributed by atoms with Crippen molar-refractivity contribution in [3.63, 3.8) is 0 Å². The average molecular weight is 246 g/mol. The number of carboxylic acid groups (broad SMARTS) is 1. The van der Waals surface area contributed by atoms with Gasteiger partial charge in [-0.2, -0.15) is 4.39 Å². The van der Waals surface area contributed by atoms with Gasteiger partial charge in [0, 0.05) is 12.6 Å². The fourth-order valence-electron chi connectivity index (χ4n) is 1.31. The zero-order chi connectivity index (χ0) is 13.2. The Morgan fingerprint density at radius 2 is 2.12 bits per heavy atom. The summed E-state index contributed by atoms with van der Waals surface area (Å²) in [4.78, 5) is 20.0. The first-order valence-electron chi connectivity index (χ1n) is 4.44. The topological polar surface area (TPSA) is 106 Å². The summed E-state index contributed by atoms with van der Waals surface area (Å²) in [6.07, 6.45) is 0. The van der Waals surface area contributed by atoms with Crippen molar-refractivity contribution in [1.82, 2.24) is 0 Å². The molecule has 6 nitrogen and oxygen atoms in total. The predicted octanol–water partition coefficient (Wildman–Crippen LogP) is 1.000. The number of hydrogen-bond acceptors (Lipinski definition) is 4. The Labute approximate surface area is 93.8 Å². The molecule has 0 spiro atoms. The van der Waals surface area contributed by atoms with Crippen LogP contribution in [0, 0.1) is 21.7 Å². The molecule has 0 radical (unpaired) electrons. The number of carboxylic acids is 1. The molecule has 1 aromatic rings. The smallest absolute Gasteiger partial charge is 0.312 e. The maximum atomic E-state index is 13.0. The molecular formula is C9H8F2N2O4. The number of benzene rings is 1. The standard InChI is InChI=1S/C9H8F2N2O4/c10-6-1-4(5(3-12)9(14)15)2-7(8(6)11)13(16)17/h1-2,5H,3,12H2,(H,14,15). The maximum absolute atomic E-state index is 13.0. The van der Waals surface area contributed by atoms with Gasteiger partial charge in [0.15, 0.2) is 5.82 Å². The lowest BCUT2D eigenvalue weighted by Crippen LogP contribution is -2.21. The predicted molar refractivity (Wildman–Crippen MR) is 52.4 cm³/mol. The zero-order valence-corrected chi connectivity index (χ0v) is 8.39. The van der Waals surface area contributed by atoms with Crippen LogP contribution in [0.25, 0.3) is 0 Å². The van der Waals surface area contributed by atoms with Gasteiger partial charge in [-0.25, -0.2) is 4.39 Å². The number of aliphatic carboxylic acids is 1. The van der Waals surface area contributed by atoms with E-state index < -0.39 is 34.1 Å². The van der Waals surface area contributed by atoms with Crippen molar-refractivity contribution in [3.05, 3.63) is 39.4 Å². The van der Waals surface area contributed by atoms with E-state index in [4.69, 9.17) is 10.8 Å². The minimum Gasteiger partial charge on any atom is -0.481 e. The summed E-state index contributed by atoms with van der Waals surface area (Å²) in [7, 11) is 0. The van der Waals surface area contributed by atoms with E-state index in [9.17, 15) is 23.7 Å². The fourth-order valence-corrected chi connectivity index (χ4v) is 1.31. The quantitative estimate of drug-likeness (QED) is 0.608. The Hall–Kier alpha value is -2.09. The van der Waals surface area contributed by atoms with E-state index in [2.05, 4.69) is 0 Å². The molecule has 0 bridgehead atoms. The minimum atomic E-state index is -1.63. The van der Waals surface area contributed by atoms with Crippen LogP contribution in [0.2, 0.25) is 0 Å². The molecule has 0 fully saturated rings. The van der Waals surface area contributed by atoms with Gasteiger partial charge in [-0.05, 0) is 11.6 Å². The lowest BCUT2D eigenvalue weighted by molar-refractivity contribution is -0.387. The molecule has 92 valence electrons. The van der Waals surface area contributed by atoms with Crippen molar-refractivity contribution in [2.24, 2.45) is 5.73 Å². The average Bonchev–Trinajstić information content (AvgIpc) is 2.22. The number of nitro benzene ring substituents is 1. The number of halogens is 2. The van der Waals surface area contributed by atoms with Crippen molar-refractivity contribution < 1.29 is 23.6 Å². The van der Waals surface area contributed by atoms with Crippen LogP contribution in [0.5, 0.6) is 0 Å². The van der Waals surface area contributed by atoms with E-state index >= 15 is 0 Å². The molecule has 0 aliphatic rings. The molecule has 8 heteroatoms. The first kappa shape index (κ1) is 13.0. The molecule has 1 rings (SSSR count). The molecule has 1 atom stereocenters. The van der Waals surface area contributed by atoms with Gasteiger partial charge in [0.2, 0.25) is 5.82 Å². The van der Waals surface area contributed by atoms with Crippen LogP contribution in [0.1, 0.15) is 11.5 Å². The Bertz CT molecular complexity index is 478. The second-order valence-corrected chi connectivity index (χ2v) is 3.22. The summed E-state index contributed by atoms with van der Waals surface area (Å²) >= 11 is 0. The highest BCUT2D eigenvalue weighted by Gasteiger charge is 2.26. The highest BCUT2D eigenvalue weighted by molar-refractivity contribution is 5.76. The molecule has 0 aliphatic carbocycles. The summed E-state index contributed by atoms with van der Waals surface area (Å²) in [5.74, 6) is -5.79. The molecule has 0 saturated heterocycles. The van der Waals surface area contributed by atoms with E-state index in [0.717, 1.165) is 0 Å². The van der Waals surface area contributed by atoms with Gasteiger partial charge >= 0.3 is 11.7 Å². The lowest BCUT2D eigenvalue weighted by atomic mass is 9.98. The highest BCUT2D eigenvalue weighted by Crippen LogP contribution is 2.26. The molecule has 1 unspecified atom stereocenters. The van der Waals surface area contributed by atoms with Crippen molar-refractivity contribution in [1.29, 1.82) is 0 Å². The third-order valence-electron chi connectivity index (χ3n) is 2.16. The first-order valence-corrected chi connectivity index (χ1v) is 4.44. The zero-order valence-electron chi connectivity index (χ0n) is 8.39.